The molecule has 2 aromatic heterocycles. The number of benzene rings is 1. The number of rotatable bonds is 6. The zero-order valence-corrected chi connectivity index (χ0v) is 14.0. The van der Waals surface area contributed by atoms with Crippen molar-refractivity contribution in [3.05, 3.63) is 70.5 Å². The predicted octanol–water partition coefficient (Wildman–Crippen LogP) is 4.02. The van der Waals surface area contributed by atoms with Crippen LogP contribution < -0.4 is 15.4 Å². The fourth-order valence-corrected chi connectivity index (χ4v) is 2.82. The number of methoxy groups -OCH3 is 1. The monoisotopic (exact) mass is 339 g/mol. The number of para-hydroxylation sites is 1. The average molecular weight is 339 g/mol. The zero-order valence-electron chi connectivity index (χ0n) is 13.2. The van der Waals surface area contributed by atoms with Crippen LogP contribution in [0, 0.1) is 0 Å². The number of carbonyl (C=O) groups excluding carboxylic acids is 1. The summed E-state index contributed by atoms with van der Waals surface area (Å²) in [5, 5.41) is 7.94. The van der Waals surface area contributed by atoms with Crippen LogP contribution in [0.4, 0.5) is 11.5 Å². The van der Waals surface area contributed by atoms with E-state index in [9.17, 15) is 4.79 Å². The summed E-state index contributed by atoms with van der Waals surface area (Å²) >= 11 is 1.40. The van der Waals surface area contributed by atoms with Gasteiger partial charge in [-0.05, 0) is 29.6 Å². The molecule has 0 saturated carbocycles. The van der Waals surface area contributed by atoms with Crippen LogP contribution >= 0.6 is 11.3 Å². The minimum absolute atomic E-state index is 0.146. The first-order valence-corrected chi connectivity index (χ1v) is 8.31. The largest absolute Gasteiger partial charge is 0.496 e. The molecule has 1 aromatic carbocycles. The van der Waals surface area contributed by atoms with Gasteiger partial charge >= 0.3 is 0 Å². The van der Waals surface area contributed by atoms with Gasteiger partial charge in [-0.3, -0.25) is 4.79 Å². The lowest BCUT2D eigenvalue weighted by Crippen LogP contribution is -2.11. The molecule has 5 nitrogen and oxygen atoms in total. The van der Waals surface area contributed by atoms with E-state index in [1.807, 2.05) is 41.8 Å². The lowest BCUT2D eigenvalue weighted by molar-refractivity contribution is 0.103. The molecule has 122 valence electrons. The summed E-state index contributed by atoms with van der Waals surface area (Å²) in [6.07, 6.45) is 1.69. The molecule has 0 aliphatic heterocycles. The summed E-state index contributed by atoms with van der Waals surface area (Å²) in [7, 11) is 1.66. The zero-order chi connectivity index (χ0) is 16.8. The Bertz CT molecular complexity index is 801. The molecule has 0 radical (unpaired) electrons. The highest BCUT2D eigenvalue weighted by Crippen LogP contribution is 2.19. The second-order valence-electron chi connectivity index (χ2n) is 5.03. The summed E-state index contributed by atoms with van der Waals surface area (Å²) in [6.45, 7) is 0.632. The molecule has 0 spiro atoms. The molecular formula is C18H17N3O2S. The number of carbonyl (C=O) groups is 1. The predicted molar refractivity (Wildman–Crippen MR) is 96.8 cm³/mol. The van der Waals surface area contributed by atoms with Crippen LogP contribution in [-0.2, 0) is 6.54 Å². The molecule has 0 fully saturated rings. The fraction of sp³-hybridized carbons (Fsp3) is 0.111. The summed E-state index contributed by atoms with van der Waals surface area (Å²) < 4.78 is 5.33. The number of anilines is 2. The van der Waals surface area contributed by atoms with Gasteiger partial charge in [-0.2, -0.15) is 0 Å². The van der Waals surface area contributed by atoms with Crippen molar-refractivity contribution in [3.8, 4) is 5.75 Å². The van der Waals surface area contributed by atoms with Crippen LogP contribution in [0.25, 0.3) is 0 Å². The second kappa shape index (κ2) is 7.61. The van der Waals surface area contributed by atoms with E-state index in [0.717, 1.165) is 17.0 Å². The van der Waals surface area contributed by atoms with E-state index >= 15 is 0 Å². The summed E-state index contributed by atoms with van der Waals surface area (Å²) in [6, 6.07) is 15.1. The van der Waals surface area contributed by atoms with Crippen LogP contribution in [0.1, 0.15) is 15.2 Å². The molecule has 3 aromatic rings. The minimum Gasteiger partial charge on any atom is -0.496 e. The van der Waals surface area contributed by atoms with Crippen LogP contribution in [0.5, 0.6) is 5.75 Å². The third-order valence-corrected chi connectivity index (χ3v) is 4.29. The maximum Gasteiger partial charge on any atom is 0.266 e. The topological polar surface area (TPSA) is 63.2 Å². The van der Waals surface area contributed by atoms with Gasteiger partial charge in [0.1, 0.15) is 11.6 Å². The van der Waals surface area contributed by atoms with Crippen molar-refractivity contribution in [2.75, 3.05) is 17.7 Å². The Labute approximate surface area is 144 Å². The molecule has 2 N–H and O–H groups in total. The molecule has 6 heteroatoms. The molecule has 0 atom stereocenters. The number of ether oxygens (including phenoxy) is 1. The normalized spacial score (nSPS) is 10.2. The van der Waals surface area contributed by atoms with E-state index in [1.165, 1.54) is 11.3 Å². The van der Waals surface area contributed by atoms with Gasteiger partial charge in [0.25, 0.3) is 5.91 Å². The SMILES string of the molecule is COc1ccccc1CNc1ccc(NC(=O)c2cccs2)nc1. The first-order valence-electron chi connectivity index (χ1n) is 7.43. The van der Waals surface area contributed by atoms with E-state index in [0.29, 0.717) is 17.2 Å². The number of aromatic nitrogens is 1. The van der Waals surface area contributed by atoms with Crippen molar-refractivity contribution in [2.45, 2.75) is 6.54 Å². The highest BCUT2D eigenvalue weighted by molar-refractivity contribution is 7.12. The lowest BCUT2D eigenvalue weighted by atomic mass is 10.2. The van der Waals surface area contributed by atoms with Gasteiger partial charge in [0.05, 0.1) is 23.9 Å². The van der Waals surface area contributed by atoms with E-state index in [2.05, 4.69) is 15.6 Å². The number of nitrogens with zero attached hydrogens (tertiary/aromatic N) is 1. The van der Waals surface area contributed by atoms with Gasteiger partial charge < -0.3 is 15.4 Å². The summed E-state index contributed by atoms with van der Waals surface area (Å²) in [5.74, 6) is 1.22. The van der Waals surface area contributed by atoms with Crippen molar-refractivity contribution in [1.29, 1.82) is 0 Å². The molecule has 3 rings (SSSR count). The average Bonchev–Trinajstić information content (AvgIpc) is 3.16. The summed E-state index contributed by atoms with van der Waals surface area (Å²) in [5.41, 5.74) is 1.94. The van der Waals surface area contributed by atoms with Gasteiger partial charge in [-0.1, -0.05) is 24.3 Å². The van der Waals surface area contributed by atoms with E-state index in [-0.39, 0.29) is 5.91 Å². The van der Waals surface area contributed by atoms with Gasteiger partial charge in [-0.25, -0.2) is 4.98 Å². The Kier molecular flexibility index (Phi) is 5.08. The quantitative estimate of drug-likeness (QED) is 0.712. The smallest absolute Gasteiger partial charge is 0.266 e. The van der Waals surface area contributed by atoms with Gasteiger partial charge in [0, 0.05) is 12.1 Å². The van der Waals surface area contributed by atoms with Crippen LogP contribution in [0.2, 0.25) is 0 Å². The Hall–Kier alpha value is -2.86. The summed E-state index contributed by atoms with van der Waals surface area (Å²) in [4.78, 5) is 16.9. The van der Waals surface area contributed by atoms with Crippen molar-refractivity contribution in [3.63, 3.8) is 0 Å². The van der Waals surface area contributed by atoms with Gasteiger partial charge in [0.2, 0.25) is 0 Å². The molecule has 0 bridgehead atoms. The number of thiophene rings is 1. The molecule has 0 aliphatic carbocycles. The van der Waals surface area contributed by atoms with Gasteiger partial charge in [-0.15, -0.1) is 11.3 Å². The number of hydrogen-bond donors (Lipinski definition) is 2. The molecular weight excluding hydrogens is 322 g/mol. The molecule has 0 unspecified atom stereocenters. The highest BCUT2D eigenvalue weighted by Gasteiger charge is 2.07. The highest BCUT2D eigenvalue weighted by atomic mass is 32.1. The lowest BCUT2D eigenvalue weighted by Gasteiger charge is -2.10. The first-order chi connectivity index (χ1) is 11.8. The maximum atomic E-state index is 12.0. The van der Waals surface area contributed by atoms with Crippen molar-refractivity contribution in [1.82, 2.24) is 4.98 Å². The molecule has 24 heavy (non-hydrogen) atoms. The van der Waals surface area contributed by atoms with Gasteiger partial charge in [0.15, 0.2) is 0 Å². The molecule has 2 heterocycles. The first kappa shape index (κ1) is 16.0. The van der Waals surface area contributed by atoms with Crippen LogP contribution in [-0.4, -0.2) is 18.0 Å². The number of pyridine rings is 1. The minimum atomic E-state index is -0.146. The number of amides is 1. The third kappa shape index (κ3) is 3.91. The molecule has 1 amide bonds. The Morgan fingerprint density at radius 1 is 1.17 bits per heavy atom. The molecule has 0 saturated heterocycles. The second-order valence-corrected chi connectivity index (χ2v) is 5.98. The third-order valence-electron chi connectivity index (χ3n) is 3.43. The Balaban J connectivity index is 1.59. The number of hydrogen-bond acceptors (Lipinski definition) is 5. The standard InChI is InChI=1S/C18H17N3O2S/c1-23-15-6-3-2-5-13(15)11-19-14-8-9-17(20-12-14)21-18(22)16-7-4-10-24-16/h2-10,12,19H,11H2,1H3,(H,20,21,22). The van der Waals surface area contributed by atoms with E-state index in [4.69, 9.17) is 4.74 Å². The van der Waals surface area contributed by atoms with Crippen LogP contribution in [0.15, 0.2) is 60.1 Å². The number of nitrogens with one attached hydrogen (secondary N) is 2. The van der Waals surface area contributed by atoms with Crippen LogP contribution in [0.3, 0.4) is 0 Å². The van der Waals surface area contributed by atoms with Crippen molar-refractivity contribution < 1.29 is 9.53 Å². The maximum absolute atomic E-state index is 12.0. The van der Waals surface area contributed by atoms with Crippen molar-refractivity contribution in [2.24, 2.45) is 0 Å². The molecule has 0 aliphatic rings. The van der Waals surface area contributed by atoms with E-state index in [1.54, 1.807) is 25.4 Å². The Morgan fingerprint density at radius 2 is 2.04 bits per heavy atom. The van der Waals surface area contributed by atoms with Crippen molar-refractivity contribution >= 4 is 28.7 Å². The fourth-order valence-electron chi connectivity index (χ4n) is 2.20. The Morgan fingerprint density at radius 3 is 2.75 bits per heavy atom. The van der Waals surface area contributed by atoms with E-state index < -0.39 is 0 Å².